The molecule has 146 valence electrons. The van der Waals surface area contributed by atoms with Gasteiger partial charge in [0.15, 0.2) is 12.4 Å². The van der Waals surface area contributed by atoms with E-state index in [2.05, 4.69) is 15.8 Å². The molecule has 0 saturated heterocycles. The fourth-order valence-electron chi connectivity index (χ4n) is 1.86. The van der Waals surface area contributed by atoms with Crippen molar-refractivity contribution < 1.29 is 19.2 Å². The third-order valence-corrected chi connectivity index (χ3v) is 2.64. The van der Waals surface area contributed by atoms with Crippen LogP contribution in [0.25, 0.3) is 0 Å². The number of amidine groups is 1. The summed E-state index contributed by atoms with van der Waals surface area (Å²) in [6, 6.07) is -0.541. The normalized spacial score (nSPS) is 14.0. The Morgan fingerprint density at radius 3 is 2.12 bits per heavy atom. The first-order valence-corrected chi connectivity index (χ1v) is 8.45. The predicted molar refractivity (Wildman–Crippen MR) is 98.1 cm³/mol. The number of nitrogens with one attached hydrogen (secondary N) is 2. The number of carbonyl (C=O) groups is 2. The van der Waals surface area contributed by atoms with Gasteiger partial charge >= 0.3 is 6.09 Å². The van der Waals surface area contributed by atoms with E-state index >= 15 is 0 Å². The van der Waals surface area contributed by atoms with Gasteiger partial charge in [0.1, 0.15) is 5.60 Å². The lowest BCUT2D eigenvalue weighted by Gasteiger charge is -2.24. The van der Waals surface area contributed by atoms with E-state index in [9.17, 15) is 9.59 Å². The fourth-order valence-corrected chi connectivity index (χ4v) is 1.86. The van der Waals surface area contributed by atoms with Crippen molar-refractivity contribution in [1.29, 1.82) is 0 Å². The second kappa shape index (κ2) is 9.48. The molecular weight excluding hydrogens is 324 g/mol. The molecule has 0 rings (SSSR count). The van der Waals surface area contributed by atoms with Crippen LogP contribution < -0.4 is 16.4 Å². The minimum absolute atomic E-state index is 0.0862. The van der Waals surface area contributed by atoms with Crippen molar-refractivity contribution in [1.82, 2.24) is 10.6 Å². The quantitative estimate of drug-likeness (QED) is 0.366. The van der Waals surface area contributed by atoms with Crippen molar-refractivity contribution in [3.05, 3.63) is 0 Å². The van der Waals surface area contributed by atoms with Crippen LogP contribution in [0.2, 0.25) is 0 Å². The zero-order valence-electron chi connectivity index (χ0n) is 16.7. The summed E-state index contributed by atoms with van der Waals surface area (Å²) in [7, 11) is 0. The van der Waals surface area contributed by atoms with Crippen LogP contribution in [0.3, 0.4) is 0 Å². The van der Waals surface area contributed by atoms with Crippen LogP contribution in [0.15, 0.2) is 5.16 Å². The minimum atomic E-state index is -0.611. The van der Waals surface area contributed by atoms with Gasteiger partial charge in [0, 0.05) is 5.54 Å². The van der Waals surface area contributed by atoms with Crippen molar-refractivity contribution in [2.45, 2.75) is 79.0 Å². The van der Waals surface area contributed by atoms with Gasteiger partial charge in [-0.05, 0) is 53.9 Å². The maximum absolute atomic E-state index is 11.9. The fraction of sp³-hybridized carbons (Fsp3) is 0.824. The van der Waals surface area contributed by atoms with Crippen LogP contribution in [0.4, 0.5) is 4.79 Å². The van der Waals surface area contributed by atoms with Crippen molar-refractivity contribution >= 4 is 17.8 Å². The molecule has 0 saturated carbocycles. The molecule has 8 heteroatoms. The third-order valence-electron chi connectivity index (χ3n) is 2.64. The maximum Gasteiger partial charge on any atom is 0.408 e. The van der Waals surface area contributed by atoms with E-state index in [1.54, 1.807) is 20.8 Å². The van der Waals surface area contributed by atoms with Crippen molar-refractivity contribution in [3.63, 3.8) is 0 Å². The Labute approximate surface area is 150 Å². The lowest BCUT2D eigenvalue weighted by atomic mass is 10.0. The van der Waals surface area contributed by atoms with Crippen molar-refractivity contribution in [3.8, 4) is 0 Å². The summed E-state index contributed by atoms with van der Waals surface area (Å²) in [5.74, 6) is 0.0468. The molecule has 2 amide bonds. The molecule has 0 aromatic carbocycles. The van der Waals surface area contributed by atoms with Crippen LogP contribution in [-0.2, 0) is 14.4 Å². The Balaban J connectivity index is 4.74. The second-order valence-electron chi connectivity index (χ2n) is 8.42. The highest BCUT2D eigenvalue weighted by Gasteiger charge is 2.23. The lowest BCUT2D eigenvalue weighted by molar-refractivity contribution is -0.127. The van der Waals surface area contributed by atoms with Gasteiger partial charge in [0.25, 0.3) is 5.91 Å². The summed E-state index contributed by atoms with van der Waals surface area (Å²) in [5, 5.41) is 9.19. The number of rotatable bonds is 7. The average molecular weight is 358 g/mol. The molecule has 0 aliphatic heterocycles. The molecule has 8 nitrogen and oxygen atoms in total. The molecular formula is C17H34N4O4. The maximum atomic E-state index is 11.9. The molecule has 0 spiro atoms. The molecule has 0 aromatic heterocycles. The van der Waals surface area contributed by atoms with Crippen LogP contribution >= 0.6 is 0 Å². The van der Waals surface area contributed by atoms with Gasteiger partial charge in [-0.1, -0.05) is 19.0 Å². The van der Waals surface area contributed by atoms with Crippen LogP contribution in [0.5, 0.6) is 0 Å². The molecule has 25 heavy (non-hydrogen) atoms. The van der Waals surface area contributed by atoms with E-state index in [0.29, 0.717) is 6.42 Å². The average Bonchev–Trinajstić information content (AvgIpc) is 2.32. The molecule has 0 aliphatic rings. The largest absolute Gasteiger partial charge is 0.444 e. The number of alkyl carbamates (subject to hydrolysis) is 1. The van der Waals surface area contributed by atoms with Crippen LogP contribution in [-0.4, -0.2) is 41.6 Å². The first kappa shape index (κ1) is 23.0. The van der Waals surface area contributed by atoms with Gasteiger partial charge in [-0.2, -0.15) is 0 Å². The summed E-state index contributed by atoms with van der Waals surface area (Å²) in [6.07, 6.45) is -0.0201. The standard InChI is InChI=1S/C17H34N4O4/c1-11(2)9-12(19-15(23)25-17(6,7)8)14(18)21-24-10-13(22)20-16(3,4)5/h11-12H,9-10H2,1-8H3,(H2,18,21)(H,19,23)(H,20,22)/t12-/m1/s1. The molecule has 0 aliphatic carbocycles. The summed E-state index contributed by atoms with van der Waals surface area (Å²) in [5.41, 5.74) is 4.95. The molecule has 4 N–H and O–H groups in total. The summed E-state index contributed by atoms with van der Waals surface area (Å²) in [4.78, 5) is 28.6. The van der Waals surface area contributed by atoms with Gasteiger partial charge < -0.3 is 25.9 Å². The number of hydrogen-bond acceptors (Lipinski definition) is 5. The number of nitrogens with two attached hydrogens (primary N) is 1. The SMILES string of the molecule is CC(C)C[C@@H](NC(=O)OC(C)(C)C)/C(N)=N\OCC(=O)NC(C)(C)C. The number of nitrogens with zero attached hydrogens (tertiary/aromatic N) is 1. The van der Waals surface area contributed by atoms with E-state index in [-0.39, 0.29) is 29.8 Å². The molecule has 0 radical (unpaired) electrons. The summed E-state index contributed by atoms with van der Waals surface area (Å²) < 4.78 is 5.23. The number of hydrogen-bond donors (Lipinski definition) is 3. The van der Waals surface area contributed by atoms with Gasteiger partial charge in [0.2, 0.25) is 0 Å². The molecule has 0 unspecified atom stereocenters. The van der Waals surface area contributed by atoms with Gasteiger partial charge in [-0.25, -0.2) is 4.79 Å². The highest BCUT2D eigenvalue weighted by atomic mass is 16.6. The molecule has 0 fully saturated rings. The van der Waals surface area contributed by atoms with Crippen LogP contribution in [0.1, 0.15) is 61.8 Å². The molecule has 0 bridgehead atoms. The van der Waals surface area contributed by atoms with E-state index in [1.165, 1.54) is 0 Å². The Kier molecular flexibility index (Phi) is 8.73. The summed E-state index contributed by atoms with van der Waals surface area (Å²) in [6.45, 7) is 14.7. The van der Waals surface area contributed by atoms with Crippen molar-refractivity contribution in [2.24, 2.45) is 16.8 Å². The first-order valence-electron chi connectivity index (χ1n) is 8.45. The smallest absolute Gasteiger partial charge is 0.408 e. The molecule has 0 aromatic rings. The zero-order valence-corrected chi connectivity index (χ0v) is 16.7. The van der Waals surface area contributed by atoms with Crippen LogP contribution in [0, 0.1) is 5.92 Å². The topological polar surface area (TPSA) is 115 Å². The van der Waals surface area contributed by atoms with E-state index in [4.69, 9.17) is 15.3 Å². The number of carbonyl (C=O) groups excluding carboxylic acids is 2. The Hall–Kier alpha value is -1.99. The minimum Gasteiger partial charge on any atom is -0.444 e. The monoisotopic (exact) mass is 358 g/mol. The number of oxime groups is 1. The van der Waals surface area contributed by atoms with Gasteiger partial charge in [-0.3, -0.25) is 4.79 Å². The predicted octanol–water partition coefficient (Wildman–Crippen LogP) is 2.13. The van der Waals surface area contributed by atoms with Crippen molar-refractivity contribution in [2.75, 3.05) is 6.61 Å². The Morgan fingerprint density at radius 1 is 1.12 bits per heavy atom. The number of amides is 2. The molecule has 0 heterocycles. The zero-order chi connectivity index (χ0) is 19.8. The molecule has 1 atom stereocenters. The van der Waals surface area contributed by atoms with Gasteiger partial charge in [0.05, 0.1) is 6.04 Å². The number of ether oxygens (including phenoxy) is 1. The summed E-state index contributed by atoms with van der Waals surface area (Å²) >= 11 is 0. The lowest BCUT2D eigenvalue weighted by Crippen LogP contribution is -2.47. The van der Waals surface area contributed by atoms with E-state index in [0.717, 1.165) is 0 Å². The van der Waals surface area contributed by atoms with E-state index < -0.39 is 17.7 Å². The van der Waals surface area contributed by atoms with Gasteiger partial charge in [-0.15, -0.1) is 0 Å². The Bertz CT molecular complexity index is 476. The van der Waals surface area contributed by atoms with E-state index in [1.807, 2.05) is 34.6 Å². The third kappa shape index (κ3) is 13.0. The Morgan fingerprint density at radius 2 is 1.68 bits per heavy atom. The first-order chi connectivity index (χ1) is 11.2. The highest BCUT2D eigenvalue weighted by Crippen LogP contribution is 2.09. The second-order valence-corrected chi connectivity index (χ2v) is 8.42. The highest BCUT2D eigenvalue weighted by molar-refractivity contribution is 5.88.